The van der Waals surface area contributed by atoms with Gasteiger partial charge in [-0.1, -0.05) is 13.8 Å². The molecule has 0 amide bonds. The van der Waals surface area contributed by atoms with Crippen molar-refractivity contribution in [2.24, 2.45) is 0 Å². The number of thioether (sulfide) groups is 1. The average Bonchev–Trinajstić information content (AvgIpc) is 2.19. The van der Waals surface area contributed by atoms with Gasteiger partial charge in [-0.2, -0.15) is 0 Å². The van der Waals surface area contributed by atoms with Crippen LogP contribution in [0.1, 0.15) is 15.2 Å². The molecule has 1 heterocycles. The summed E-state index contributed by atoms with van der Waals surface area (Å²) in [5.74, 6) is 0. The first kappa shape index (κ1) is 11.6. The van der Waals surface area contributed by atoms with Crippen LogP contribution in [0.15, 0.2) is 0 Å². The highest BCUT2D eigenvalue weighted by Crippen LogP contribution is 2.30. The van der Waals surface area contributed by atoms with Crippen molar-refractivity contribution in [1.82, 2.24) is 0 Å². The Kier molecular flexibility index (Phi) is 4.24. The molecule has 4 N–H and O–H groups in total. The van der Waals surface area contributed by atoms with Crippen molar-refractivity contribution in [2.45, 2.75) is 48.9 Å². The summed E-state index contributed by atoms with van der Waals surface area (Å²) < 4.78 is 12.7. The van der Waals surface area contributed by atoms with Gasteiger partial charge in [-0.05, 0) is 0 Å². The van der Waals surface area contributed by atoms with E-state index in [1.165, 1.54) is 11.8 Å². The summed E-state index contributed by atoms with van der Waals surface area (Å²) in [5.41, 5.74) is -0.831. The predicted molar refractivity (Wildman–Crippen MR) is 56.5 cm³/mol. The Morgan fingerprint density at radius 3 is 2.40 bits per heavy atom. The van der Waals surface area contributed by atoms with E-state index in [9.17, 15) is 15.3 Å². The highest BCUT2D eigenvalue weighted by molar-refractivity contribution is 8.00. The zero-order valence-corrected chi connectivity index (χ0v) is 9.52. The number of rotatable bonds is 3. The molecule has 1 rings (SSSR count). The lowest BCUT2D eigenvalue weighted by molar-refractivity contribution is -0.205. The van der Waals surface area contributed by atoms with Crippen molar-refractivity contribution < 1.29 is 26.5 Å². The van der Waals surface area contributed by atoms with Crippen LogP contribution in [0.3, 0.4) is 0 Å². The SMILES string of the molecule is [2H][C@@]1(O)[C@@H](O)C(SC(C)C)O[C@H](CO)[C@@H]1O. The van der Waals surface area contributed by atoms with Crippen LogP contribution in [0.25, 0.3) is 0 Å². The highest BCUT2D eigenvalue weighted by Gasteiger charge is 2.43. The van der Waals surface area contributed by atoms with E-state index < -0.39 is 36.4 Å². The van der Waals surface area contributed by atoms with Crippen LogP contribution in [0.4, 0.5) is 0 Å². The van der Waals surface area contributed by atoms with Crippen LogP contribution in [0.2, 0.25) is 0 Å². The van der Waals surface area contributed by atoms with E-state index in [0.29, 0.717) is 0 Å². The number of ether oxygens (including phenoxy) is 1. The van der Waals surface area contributed by atoms with Gasteiger partial charge in [0.15, 0.2) is 0 Å². The van der Waals surface area contributed by atoms with Gasteiger partial charge in [-0.3, -0.25) is 0 Å². The van der Waals surface area contributed by atoms with Gasteiger partial charge in [-0.25, -0.2) is 0 Å². The smallest absolute Gasteiger partial charge is 0.132 e. The lowest BCUT2D eigenvalue weighted by Gasteiger charge is -2.40. The van der Waals surface area contributed by atoms with Gasteiger partial charge in [0.05, 0.1) is 7.98 Å². The van der Waals surface area contributed by atoms with Gasteiger partial charge in [0.1, 0.15) is 29.8 Å². The number of hydrogen-bond acceptors (Lipinski definition) is 6. The summed E-state index contributed by atoms with van der Waals surface area (Å²) in [4.78, 5) is 0. The third kappa shape index (κ3) is 3.05. The topological polar surface area (TPSA) is 90.2 Å². The van der Waals surface area contributed by atoms with Crippen molar-refractivity contribution in [3.05, 3.63) is 0 Å². The Morgan fingerprint density at radius 2 is 1.93 bits per heavy atom. The minimum atomic E-state index is -2.42. The standard InChI is InChI=1S/C9H18O5S/c1-4(2)15-9-8(13)7(12)6(11)5(3-10)14-9/h4-13H,3H2,1-2H3/t5-,6+,7+,8-,9?/m1/s1/i7D. The number of hydrogen-bond donors (Lipinski definition) is 4. The third-order valence-corrected chi connectivity index (χ3v) is 3.29. The summed E-state index contributed by atoms with van der Waals surface area (Å²) >= 11 is 1.23. The largest absolute Gasteiger partial charge is 0.394 e. The zero-order chi connectivity index (χ0) is 12.5. The second-order valence-electron chi connectivity index (χ2n) is 3.72. The molecule has 0 aromatic heterocycles. The van der Waals surface area contributed by atoms with Crippen molar-refractivity contribution in [3.8, 4) is 0 Å². The lowest BCUT2D eigenvalue weighted by Crippen LogP contribution is -2.57. The number of aliphatic hydroxyl groups excluding tert-OH is 3. The Hall–Kier alpha value is 0.150. The first-order valence-electron chi connectivity index (χ1n) is 5.31. The summed E-state index contributed by atoms with van der Waals surface area (Å²) in [6, 6.07) is 0. The van der Waals surface area contributed by atoms with Crippen molar-refractivity contribution in [3.63, 3.8) is 0 Å². The van der Waals surface area contributed by atoms with E-state index in [-0.39, 0.29) is 5.25 Å². The molecule has 0 radical (unpaired) electrons. The van der Waals surface area contributed by atoms with Crippen molar-refractivity contribution in [1.29, 1.82) is 0 Å². The molecule has 1 unspecified atom stereocenters. The van der Waals surface area contributed by atoms with E-state index in [1.54, 1.807) is 0 Å². The summed E-state index contributed by atoms with van der Waals surface area (Å²) in [5, 5.41) is 38.0. The van der Waals surface area contributed by atoms with Gasteiger partial charge in [0.25, 0.3) is 0 Å². The Morgan fingerprint density at radius 1 is 1.33 bits per heavy atom. The molecule has 5 atom stereocenters. The van der Waals surface area contributed by atoms with Gasteiger partial charge in [-0.15, -0.1) is 11.8 Å². The Balaban J connectivity index is 2.81. The lowest BCUT2D eigenvalue weighted by atomic mass is 10.0. The molecule has 0 aliphatic carbocycles. The maximum Gasteiger partial charge on any atom is 0.132 e. The molecular formula is C9H18O5S. The molecule has 15 heavy (non-hydrogen) atoms. The van der Waals surface area contributed by atoms with E-state index >= 15 is 0 Å². The molecule has 5 nitrogen and oxygen atoms in total. The van der Waals surface area contributed by atoms with Crippen LogP contribution in [0.5, 0.6) is 0 Å². The normalized spacial score (nSPS) is 48.1. The molecule has 0 bridgehead atoms. The molecular weight excluding hydrogens is 220 g/mol. The van der Waals surface area contributed by atoms with Crippen LogP contribution >= 0.6 is 11.8 Å². The molecule has 0 spiro atoms. The summed E-state index contributed by atoms with van der Waals surface area (Å²) in [6.07, 6.45) is -6.62. The van der Waals surface area contributed by atoms with E-state index in [2.05, 4.69) is 0 Å². The fourth-order valence-corrected chi connectivity index (χ4v) is 2.38. The maximum absolute atomic E-state index is 9.70. The van der Waals surface area contributed by atoms with Crippen LogP contribution in [0, 0.1) is 0 Å². The maximum atomic E-state index is 9.70. The van der Waals surface area contributed by atoms with Gasteiger partial charge in [0, 0.05) is 5.25 Å². The fourth-order valence-electron chi connectivity index (χ4n) is 1.34. The first-order chi connectivity index (χ1) is 7.30. The second-order valence-corrected chi connectivity index (χ2v) is 5.40. The second kappa shape index (κ2) is 5.47. The quantitative estimate of drug-likeness (QED) is 0.501. The van der Waals surface area contributed by atoms with E-state index in [0.717, 1.165) is 0 Å². The van der Waals surface area contributed by atoms with Gasteiger partial charge < -0.3 is 25.2 Å². The zero-order valence-electron chi connectivity index (χ0n) is 9.70. The predicted octanol–water partition coefficient (Wildman–Crippen LogP) is -1.07. The van der Waals surface area contributed by atoms with Crippen LogP contribution in [-0.4, -0.2) is 62.1 Å². The molecule has 90 valence electrons. The first-order valence-corrected chi connectivity index (χ1v) is 5.75. The molecule has 0 saturated carbocycles. The molecule has 1 aliphatic heterocycles. The molecule has 0 aromatic rings. The number of aliphatic hydroxyl groups is 4. The molecule has 1 saturated heterocycles. The van der Waals surface area contributed by atoms with Crippen LogP contribution in [-0.2, 0) is 4.74 Å². The minimum absolute atomic E-state index is 0.130. The van der Waals surface area contributed by atoms with Gasteiger partial charge >= 0.3 is 0 Å². The van der Waals surface area contributed by atoms with Crippen molar-refractivity contribution in [2.75, 3.05) is 6.61 Å². The monoisotopic (exact) mass is 239 g/mol. The fraction of sp³-hybridized carbons (Fsp3) is 1.00. The minimum Gasteiger partial charge on any atom is -0.394 e. The van der Waals surface area contributed by atoms with Crippen molar-refractivity contribution >= 4 is 11.8 Å². The summed E-state index contributed by atoms with van der Waals surface area (Å²) in [7, 11) is 0. The Labute approximate surface area is 94.5 Å². The molecule has 6 heteroatoms. The average molecular weight is 239 g/mol. The van der Waals surface area contributed by atoms with Gasteiger partial charge in [0.2, 0.25) is 0 Å². The summed E-state index contributed by atoms with van der Waals surface area (Å²) in [6.45, 7) is 3.25. The third-order valence-electron chi connectivity index (χ3n) is 2.11. The van der Waals surface area contributed by atoms with E-state index in [1.807, 2.05) is 13.8 Å². The molecule has 1 fully saturated rings. The van der Waals surface area contributed by atoms with E-state index in [4.69, 9.17) is 11.2 Å². The highest BCUT2D eigenvalue weighted by atomic mass is 32.2. The molecule has 1 aliphatic rings. The molecule has 0 aromatic carbocycles. The Bertz CT molecular complexity index is 238. The van der Waals surface area contributed by atoms with Crippen LogP contribution < -0.4 is 0 Å².